The van der Waals surface area contributed by atoms with Crippen LogP contribution in [0.3, 0.4) is 0 Å². The minimum absolute atomic E-state index is 0.168. The molecule has 13 heavy (non-hydrogen) atoms. The molecule has 0 radical (unpaired) electrons. The molecule has 1 N–H and O–H groups in total. The van der Waals surface area contributed by atoms with Crippen molar-refractivity contribution in [3.63, 3.8) is 0 Å². The van der Waals surface area contributed by atoms with E-state index in [1.807, 2.05) is 6.92 Å². The molecule has 0 bridgehead atoms. The zero-order valence-corrected chi connectivity index (χ0v) is 9.10. The fourth-order valence-electron chi connectivity index (χ4n) is 1.53. The van der Waals surface area contributed by atoms with Crippen LogP contribution in [0.25, 0.3) is 0 Å². The molecule has 0 aromatic heterocycles. The Morgan fingerprint density at radius 2 is 1.92 bits per heavy atom. The Labute approximate surface area is 80.4 Å². The normalized spacial score (nSPS) is 20.8. The van der Waals surface area contributed by atoms with Crippen LogP contribution in [-0.2, 0) is 10.0 Å². The average Bonchev–Trinajstić information content (AvgIpc) is 2.18. The summed E-state index contributed by atoms with van der Waals surface area (Å²) in [4.78, 5) is 0. The molecule has 0 unspecified atom stereocenters. The predicted octanol–water partition coefficient (Wildman–Crippen LogP) is 0.0199. The first-order valence-electron chi connectivity index (χ1n) is 4.75. The molecule has 1 rings (SSSR count). The van der Waals surface area contributed by atoms with Crippen molar-refractivity contribution < 1.29 is 8.42 Å². The van der Waals surface area contributed by atoms with Crippen LogP contribution in [0.15, 0.2) is 0 Å². The minimum atomic E-state index is -3.02. The van der Waals surface area contributed by atoms with Gasteiger partial charge in [0.1, 0.15) is 0 Å². The molecule has 0 aromatic rings. The van der Waals surface area contributed by atoms with Gasteiger partial charge in [-0.2, -0.15) is 0 Å². The molecule has 1 fully saturated rings. The van der Waals surface area contributed by atoms with Crippen LogP contribution in [0.2, 0.25) is 0 Å². The van der Waals surface area contributed by atoms with Gasteiger partial charge in [0.25, 0.3) is 0 Å². The number of sulfonamides is 1. The highest BCUT2D eigenvalue weighted by Crippen LogP contribution is 2.16. The van der Waals surface area contributed by atoms with Gasteiger partial charge in [-0.05, 0) is 25.9 Å². The second-order valence-corrected chi connectivity index (χ2v) is 5.73. The number of hydrogen-bond acceptors (Lipinski definition) is 3. The quantitative estimate of drug-likeness (QED) is 0.708. The highest BCUT2D eigenvalue weighted by Gasteiger charge is 2.29. The van der Waals surface area contributed by atoms with Crippen molar-refractivity contribution in [2.75, 3.05) is 26.7 Å². The van der Waals surface area contributed by atoms with Crippen LogP contribution in [0.5, 0.6) is 0 Å². The molecule has 1 heterocycles. The van der Waals surface area contributed by atoms with E-state index in [9.17, 15) is 8.42 Å². The van der Waals surface area contributed by atoms with E-state index in [-0.39, 0.29) is 5.25 Å². The summed E-state index contributed by atoms with van der Waals surface area (Å²) >= 11 is 0. The van der Waals surface area contributed by atoms with Gasteiger partial charge in [0.05, 0.1) is 5.25 Å². The van der Waals surface area contributed by atoms with Crippen molar-refractivity contribution >= 4 is 10.0 Å². The smallest absolute Gasteiger partial charge is 0.216 e. The monoisotopic (exact) mass is 206 g/mol. The molecule has 0 saturated carbocycles. The van der Waals surface area contributed by atoms with E-state index in [4.69, 9.17) is 0 Å². The number of nitrogens with zero attached hydrogens (tertiary/aromatic N) is 1. The van der Waals surface area contributed by atoms with Gasteiger partial charge in [-0.1, -0.05) is 6.92 Å². The lowest BCUT2D eigenvalue weighted by Gasteiger charge is -2.26. The van der Waals surface area contributed by atoms with Crippen molar-refractivity contribution in [3.05, 3.63) is 0 Å². The lowest BCUT2D eigenvalue weighted by atomic mass is 10.2. The molecule has 0 aromatic carbocycles. The van der Waals surface area contributed by atoms with E-state index in [2.05, 4.69) is 5.32 Å². The number of nitrogens with one attached hydrogen (secondary N) is 1. The van der Waals surface area contributed by atoms with E-state index < -0.39 is 10.0 Å². The maximum atomic E-state index is 11.8. The van der Waals surface area contributed by atoms with Gasteiger partial charge in [0.15, 0.2) is 0 Å². The fraction of sp³-hybridized carbons (Fsp3) is 1.00. The fourth-order valence-corrected chi connectivity index (χ4v) is 3.23. The molecule has 0 amide bonds. The molecule has 0 aliphatic carbocycles. The summed E-state index contributed by atoms with van der Waals surface area (Å²) in [6.07, 6.45) is 1.49. The summed E-state index contributed by atoms with van der Waals surface area (Å²) in [5.74, 6) is 0. The molecular weight excluding hydrogens is 188 g/mol. The highest BCUT2D eigenvalue weighted by atomic mass is 32.2. The summed E-state index contributed by atoms with van der Waals surface area (Å²) in [7, 11) is -1.37. The maximum Gasteiger partial charge on any atom is 0.216 e. The van der Waals surface area contributed by atoms with Crippen molar-refractivity contribution in [1.29, 1.82) is 0 Å². The topological polar surface area (TPSA) is 49.4 Å². The number of hydrogen-bond donors (Lipinski definition) is 1. The number of piperidine rings is 1. The van der Waals surface area contributed by atoms with Crippen molar-refractivity contribution in [2.24, 2.45) is 0 Å². The van der Waals surface area contributed by atoms with Gasteiger partial charge in [-0.3, -0.25) is 0 Å². The van der Waals surface area contributed by atoms with Gasteiger partial charge in [-0.15, -0.1) is 0 Å². The molecular formula is C8H18N2O2S. The maximum absolute atomic E-state index is 11.8. The highest BCUT2D eigenvalue weighted by molar-refractivity contribution is 7.89. The van der Waals surface area contributed by atoms with Crippen LogP contribution >= 0.6 is 0 Å². The Hall–Kier alpha value is -0.130. The van der Waals surface area contributed by atoms with Gasteiger partial charge in [0, 0.05) is 13.6 Å². The molecule has 78 valence electrons. The van der Waals surface area contributed by atoms with Gasteiger partial charge < -0.3 is 5.32 Å². The Morgan fingerprint density at radius 3 is 2.38 bits per heavy atom. The second kappa shape index (κ2) is 4.39. The van der Waals surface area contributed by atoms with E-state index >= 15 is 0 Å². The molecule has 1 aliphatic heterocycles. The third kappa shape index (κ3) is 2.42. The van der Waals surface area contributed by atoms with E-state index in [1.54, 1.807) is 7.05 Å². The third-order valence-corrected chi connectivity index (χ3v) is 5.03. The summed E-state index contributed by atoms with van der Waals surface area (Å²) in [5.41, 5.74) is 0. The zero-order chi connectivity index (χ0) is 9.90. The van der Waals surface area contributed by atoms with Crippen molar-refractivity contribution in [2.45, 2.75) is 25.0 Å². The molecule has 0 spiro atoms. The van der Waals surface area contributed by atoms with Crippen LogP contribution in [-0.4, -0.2) is 44.7 Å². The second-order valence-electron chi connectivity index (χ2n) is 3.41. The molecule has 4 nitrogen and oxygen atoms in total. The lowest BCUT2D eigenvalue weighted by molar-refractivity contribution is 0.440. The Kier molecular flexibility index (Phi) is 3.70. The molecule has 1 aliphatic rings. The van der Waals surface area contributed by atoms with Gasteiger partial charge in [0.2, 0.25) is 10.0 Å². The van der Waals surface area contributed by atoms with Crippen LogP contribution in [0.4, 0.5) is 0 Å². The van der Waals surface area contributed by atoms with E-state index in [0.29, 0.717) is 6.54 Å². The van der Waals surface area contributed by atoms with Crippen LogP contribution in [0, 0.1) is 0 Å². The summed E-state index contributed by atoms with van der Waals surface area (Å²) in [6, 6.07) is 0. The van der Waals surface area contributed by atoms with Gasteiger partial charge in [-0.25, -0.2) is 12.7 Å². The predicted molar refractivity (Wildman–Crippen MR) is 53.1 cm³/mol. The Bertz CT molecular complexity index is 245. The van der Waals surface area contributed by atoms with E-state index in [1.165, 1.54) is 4.31 Å². The first kappa shape index (κ1) is 10.9. The first-order chi connectivity index (χ1) is 6.09. The van der Waals surface area contributed by atoms with Gasteiger partial charge >= 0.3 is 0 Å². The molecule has 1 saturated heterocycles. The minimum Gasteiger partial charge on any atom is -0.317 e. The Morgan fingerprint density at radius 1 is 1.38 bits per heavy atom. The SMILES string of the molecule is CCN(C)S(=O)(=O)C1CCNCC1. The number of rotatable bonds is 3. The summed E-state index contributed by atoms with van der Waals surface area (Å²) in [5, 5.41) is 2.99. The molecule has 5 heteroatoms. The summed E-state index contributed by atoms with van der Waals surface area (Å²) in [6.45, 7) is 4.06. The van der Waals surface area contributed by atoms with Crippen LogP contribution < -0.4 is 5.32 Å². The third-order valence-electron chi connectivity index (χ3n) is 2.59. The Balaban J connectivity index is 2.67. The lowest BCUT2D eigenvalue weighted by Crippen LogP contribution is -2.42. The molecule has 0 atom stereocenters. The average molecular weight is 206 g/mol. The van der Waals surface area contributed by atoms with E-state index in [0.717, 1.165) is 25.9 Å². The van der Waals surface area contributed by atoms with Crippen LogP contribution in [0.1, 0.15) is 19.8 Å². The van der Waals surface area contributed by atoms with Crippen molar-refractivity contribution in [1.82, 2.24) is 9.62 Å². The largest absolute Gasteiger partial charge is 0.317 e. The standard InChI is InChI=1S/C8H18N2O2S/c1-3-10(2)13(11,12)8-4-6-9-7-5-8/h8-9H,3-7H2,1-2H3. The summed E-state index contributed by atoms with van der Waals surface area (Å²) < 4.78 is 25.1. The first-order valence-corrected chi connectivity index (χ1v) is 6.25. The zero-order valence-electron chi connectivity index (χ0n) is 8.28. The van der Waals surface area contributed by atoms with Crippen molar-refractivity contribution in [3.8, 4) is 0 Å².